The number of hydrogen-bond donors (Lipinski definition) is 2. The van der Waals surface area contributed by atoms with Crippen LogP contribution in [0, 0.1) is 5.41 Å². The van der Waals surface area contributed by atoms with E-state index in [1.807, 2.05) is 20.8 Å². The molecular weight excluding hydrogens is 362 g/mol. The molecule has 0 atom stereocenters. The van der Waals surface area contributed by atoms with E-state index in [1.165, 1.54) is 69.1 Å². The average molecular weight is 407 g/mol. The van der Waals surface area contributed by atoms with Gasteiger partial charge in [0.05, 0.1) is 13.1 Å². The van der Waals surface area contributed by atoms with Gasteiger partial charge in [0.15, 0.2) is 6.54 Å². The Kier molecular flexibility index (Phi) is 8.00. The van der Waals surface area contributed by atoms with Crippen molar-refractivity contribution < 1.29 is 14.5 Å². The van der Waals surface area contributed by atoms with Crippen LogP contribution in [-0.2, 0) is 9.59 Å². The van der Waals surface area contributed by atoms with E-state index in [4.69, 9.17) is 0 Å². The van der Waals surface area contributed by atoms with Crippen molar-refractivity contribution >= 4 is 11.8 Å². The van der Waals surface area contributed by atoms with E-state index < -0.39 is 0 Å². The number of quaternary nitrogens is 1. The van der Waals surface area contributed by atoms with Gasteiger partial charge in [0.25, 0.3) is 5.91 Å². The second-order valence-electron chi connectivity index (χ2n) is 10.8. The minimum absolute atomic E-state index is 0.141. The predicted molar refractivity (Wildman–Crippen MR) is 117 cm³/mol. The van der Waals surface area contributed by atoms with Crippen molar-refractivity contribution in [3.63, 3.8) is 0 Å². The summed E-state index contributed by atoms with van der Waals surface area (Å²) in [5.41, 5.74) is -0.333. The van der Waals surface area contributed by atoms with Gasteiger partial charge in [0.1, 0.15) is 0 Å². The molecule has 2 aliphatic carbocycles. The molecule has 0 aromatic heterocycles. The lowest BCUT2D eigenvalue weighted by molar-refractivity contribution is -0.897. The third kappa shape index (κ3) is 6.44. The van der Waals surface area contributed by atoms with Crippen LogP contribution in [0.3, 0.4) is 0 Å². The van der Waals surface area contributed by atoms with Crippen LogP contribution in [0.5, 0.6) is 0 Å². The zero-order valence-corrected chi connectivity index (χ0v) is 19.1. The average Bonchev–Trinajstić information content (AvgIpc) is 2.70. The second-order valence-corrected chi connectivity index (χ2v) is 10.8. The van der Waals surface area contributed by atoms with Crippen molar-refractivity contribution in [2.75, 3.05) is 19.6 Å². The van der Waals surface area contributed by atoms with Gasteiger partial charge in [0.2, 0.25) is 5.91 Å². The molecule has 1 saturated heterocycles. The first-order valence-corrected chi connectivity index (χ1v) is 12.3. The molecule has 0 spiro atoms. The van der Waals surface area contributed by atoms with Crippen LogP contribution in [0.25, 0.3) is 0 Å². The SMILES string of the molecule is CC(C)(C)C(=O)NC1CC[NH+](CC(=O)N(C2CCCCC2)C2CCCCC2)CC1. The largest absolute Gasteiger partial charge is 0.352 e. The van der Waals surface area contributed by atoms with Crippen molar-refractivity contribution in [1.29, 1.82) is 0 Å². The third-order valence-electron chi connectivity index (χ3n) is 7.33. The van der Waals surface area contributed by atoms with Crippen molar-refractivity contribution in [3.8, 4) is 0 Å². The van der Waals surface area contributed by atoms with Gasteiger partial charge in [-0.15, -0.1) is 0 Å². The van der Waals surface area contributed by atoms with Crippen LogP contribution in [0.2, 0.25) is 0 Å². The molecule has 3 fully saturated rings. The zero-order chi connectivity index (χ0) is 20.9. The third-order valence-corrected chi connectivity index (χ3v) is 7.33. The zero-order valence-electron chi connectivity index (χ0n) is 19.1. The molecule has 0 unspecified atom stereocenters. The standard InChI is InChI=1S/C24H43N3O2/c1-24(2,3)23(29)25-19-14-16-26(17-15-19)18-22(28)27(20-10-6-4-7-11-20)21-12-8-5-9-13-21/h19-21H,4-18H2,1-3H3,(H,25,29)/p+1. The molecule has 2 saturated carbocycles. The number of nitrogens with one attached hydrogen (secondary N) is 2. The lowest BCUT2D eigenvalue weighted by Crippen LogP contribution is -3.14. The van der Waals surface area contributed by atoms with Crippen LogP contribution < -0.4 is 10.2 Å². The summed E-state index contributed by atoms with van der Waals surface area (Å²) < 4.78 is 0. The Bertz CT molecular complexity index is 519. The maximum absolute atomic E-state index is 13.4. The highest BCUT2D eigenvalue weighted by Gasteiger charge is 2.35. The minimum atomic E-state index is -0.333. The van der Waals surface area contributed by atoms with Gasteiger partial charge in [-0.1, -0.05) is 59.3 Å². The quantitative estimate of drug-likeness (QED) is 0.738. The van der Waals surface area contributed by atoms with E-state index in [0.717, 1.165) is 25.9 Å². The minimum Gasteiger partial charge on any atom is -0.352 e. The summed E-state index contributed by atoms with van der Waals surface area (Å²) in [6.07, 6.45) is 14.6. The molecule has 1 aliphatic heterocycles. The van der Waals surface area contributed by atoms with E-state index in [9.17, 15) is 9.59 Å². The fourth-order valence-electron chi connectivity index (χ4n) is 5.48. The van der Waals surface area contributed by atoms with Gasteiger partial charge in [-0.25, -0.2) is 0 Å². The van der Waals surface area contributed by atoms with Crippen molar-refractivity contribution in [1.82, 2.24) is 10.2 Å². The predicted octanol–water partition coefficient (Wildman–Crippen LogP) is 2.69. The number of carbonyl (C=O) groups is 2. The fraction of sp³-hybridized carbons (Fsp3) is 0.917. The van der Waals surface area contributed by atoms with Crippen LogP contribution >= 0.6 is 0 Å². The Balaban J connectivity index is 1.52. The molecule has 0 radical (unpaired) electrons. The molecule has 1 heterocycles. The van der Waals surface area contributed by atoms with E-state index in [1.54, 1.807) is 0 Å². The highest BCUT2D eigenvalue weighted by Crippen LogP contribution is 2.30. The molecule has 3 rings (SSSR count). The highest BCUT2D eigenvalue weighted by atomic mass is 16.2. The number of rotatable bonds is 5. The maximum Gasteiger partial charge on any atom is 0.278 e. The first-order chi connectivity index (χ1) is 13.8. The van der Waals surface area contributed by atoms with E-state index in [2.05, 4.69) is 10.2 Å². The topological polar surface area (TPSA) is 53.9 Å². The smallest absolute Gasteiger partial charge is 0.278 e. The number of hydrogen-bond acceptors (Lipinski definition) is 2. The summed E-state index contributed by atoms with van der Waals surface area (Å²) in [6.45, 7) is 8.52. The summed E-state index contributed by atoms with van der Waals surface area (Å²) >= 11 is 0. The number of piperidine rings is 1. The maximum atomic E-state index is 13.4. The molecule has 2 N–H and O–H groups in total. The molecule has 29 heavy (non-hydrogen) atoms. The number of carbonyl (C=O) groups excluding carboxylic acids is 2. The molecule has 0 aromatic rings. The molecule has 0 bridgehead atoms. The lowest BCUT2D eigenvalue weighted by atomic mass is 9.88. The molecule has 2 amide bonds. The van der Waals surface area contributed by atoms with Crippen molar-refractivity contribution in [2.24, 2.45) is 5.41 Å². The van der Waals surface area contributed by atoms with Crippen LogP contribution in [-0.4, -0.2) is 54.5 Å². The van der Waals surface area contributed by atoms with Gasteiger partial charge < -0.3 is 15.1 Å². The number of nitrogens with zero attached hydrogens (tertiary/aromatic N) is 1. The highest BCUT2D eigenvalue weighted by molar-refractivity contribution is 5.81. The summed E-state index contributed by atoms with van der Waals surface area (Å²) in [5.74, 6) is 0.541. The van der Waals surface area contributed by atoms with E-state index >= 15 is 0 Å². The Morgan fingerprint density at radius 2 is 1.31 bits per heavy atom. The summed E-state index contributed by atoms with van der Waals surface area (Å²) in [5, 5.41) is 3.21. The van der Waals surface area contributed by atoms with Gasteiger partial charge in [-0.05, 0) is 25.7 Å². The van der Waals surface area contributed by atoms with E-state index in [0.29, 0.717) is 24.5 Å². The first kappa shape index (κ1) is 22.6. The van der Waals surface area contributed by atoms with Crippen LogP contribution in [0.1, 0.15) is 97.8 Å². The summed E-state index contributed by atoms with van der Waals surface area (Å²) in [4.78, 5) is 29.5. The van der Waals surface area contributed by atoms with Gasteiger partial charge in [-0.2, -0.15) is 0 Å². The Morgan fingerprint density at radius 3 is 1.76 bits per heavy atom. The van der Waals surface area contributed by atoms with Crippen molar-refractivity contribution in [2.45, 2.75) is 116 Å². The second kappa shape index (κ2) is 10.3. The molecule has 5 heteroatoms. The Labute approximate surface area is 178 Å². The Morgan fingerprint density at radius 1 is 0.828 bits per heavy atom. The monoisotopic (exact) mass is 406 g/mol. The molecular formula is C24H44N3O2+. The van der Waals surface area contributed by atoms with Crippen LogP contribution in [0.15, 0.2) is 0 Å². The number of likely N-dealkylation sites (tertiary alicyclic amines) is 1. The fourth-order valence-corrected chi connectivity index (χ4v) is 5.48. The van der Waals surface area contributed by atoms with Gasteiger partial charge >= 0.3 is 0 Å². The summed E-state index contributed by atoms with van der Waals surface area (Å²) in [7, 11) is 0. The molecule has 5 nitrogen and oxygen atoms in total. The number of amides is 2. The molecule has 166 valence electrons. The Hall–Kier alpha value is -1.10. The van der Waals surface area contributed by atoms with Gasteiger partial charge in [-0.3, -0.25) is 9.59 Å². The normalized spacial score (nSPS) is 27.4. The van der Waals surface area contributed by atoms with Gasteiger partial charge in [0, 0.05) is 36.4 Å². The molecule has 0 aromatic carbocycles. The van der Waals surface area contributed by atoms with Crippen LogP contribution in [0.4, 0.5) is 0 Å². The summed E-state index contributed by atoms with van der Waals surface area (Å²) in [6, 6.07) is 1.25. The van der Waals surface area contributed by atoms with Crippen molar-refractivity contribution in [3.05, 3.63) is 0 Å². The first-order valence-electron chi connectivity index (χ1n) is 12.3. The molecule has 3 aliphatic rings. The van der Waals surface area contributed by atoms with E-state index in [-0.39, 0.29) is 17.4 Å². The lowest BCUT2D eigenvalue weighted by Gasteiger charge is -2.42.